The van der Waals surface area contributed by atoms with Crippen molar-refractivity contribution in [2.45, 2.75) is 6.92 Å². The second kappa shape index (κ2) is 9.80. The molecule has 4 rings (SSSR count). The quantitative estimate of drug-likeness (QED) is 0.345. The number of amides is 1. The first-order valence-corrected chi connectivity index (χ1v) is 11.7. The van der Waals surface area contributed by atoms with Crippen molar-refractivity contribution in [2.75, 3.05) is 11.1 Å². The molecule has 3 aromatic carbocycles. The molecule has 4 aromatic rings. The standard InChI is InChI=1S/C25H20N2O3S2/c1-16-9-11-18(12-10-16)24(30)26-19-6-4-5-17(13-19)14-22(31-15-23(28)29)25-27-20-7-2-3-8-21(20)32-25/h2-14H,15H2,1H3,(H,26,30)(H,28,29)/b22-14-. The Hall–Kier alpha value is -3.42. The number of carboxylic acid groups (broad SMARTS) is 1. The van der Waals surface area contributed by atoms with E-state index in [0.29, 0.717) is 11.3 Å². The van der Waals surface area contributed by atoms with Crippen LogP contribution in [-0.2, 0) is 4.79 Å². The van der Waals surface area contributed by atoms with E-state index in [-0.39, 0.29) is 11.7 Å². The highest BCUT2D eigenvalue weighted by Gasteiger charge is 2.12. The van der Waals surface area contributed by atoms with Crippen LogP contribution in [0.2, 0.25) is 0 Å². The highest BCUT2D eigenvalue weighted by atomic mass is 32.2. The lowest BCUT2D eigenvalue weighted by Gasteiger charge is -2.08. The number of hydrogen-bond acceptors (Lipinski definition) is 5. The fourth-order valence-corrected chi connectivity index (χ4v) is 4.89. The maximum atomic E-state index is 12.6. The molecule has 32 heavy (non-hydrogen) atoms. The van der Waals surface area contributed by atoms with E-state index >= 15 is 0 Å². The van der Waals surface area contributed by atoms with Crippen molar-refractivity contribution >= 4 is 61.9 Å². The van der Waals surface area contributed by atoms with Crippen molar-refractivity contribution in [1.29, 1.82) is 0 Å². The summed E-state index contributed by atoms with van der Waals surface area (Å²) in [7, 11) is 0. The van der Waals surface area contributed by atoms with Crippen LogP contribution < -0.4 is 5.32 Å². The zero-order valence-electron chi connectivity index (χ0n) is 17.2. The van der Waals surface area contributed by atoms with Crippen LogP contribution in [0.15, 0.2) is 72.8 Å². The number of nitrogens with zero attached hydrogens (tertiary/aromatic N) is 1. The lowest BCUT2D eigenvalue weighted by molar-refractivity contribution is -0.133. The van der Waals surface area contributed by atoms with Gasteiger partial charge in [0.05, 0.1) is 16.0 Å². The predicted molar refractivity (Wildman–Crippen MR) is 133 cm³/mol. The van der Waals surface area contributed by atoms with Gasteiger partial charge in [-0.05, 0) is 55.0 Å². The number of nitrogens with one attached hydrogen (secondary N) is 1. The Balaban J connectivity index is 1.61. The average molecular weight is 461 g/mol. The molecular formula is C25H20N2O3S2. The number of thiazole rings is 1. The fraction of sp³-hybridized carbons (Fsp3) is 0.0800. The van der Waals surface area contributed by atoms with Gasteiger partial charge in [-0.2, -0.15) is 0 Å². The monoisotopic (exact) mass is 460 g/mol. The van der Waals surface area contributed by atoms with Crippen LogP contribution in [0.25, 0.3) is 21.2 Å². The molecule has 0 saturated carbocycles. The van der Waals surface area contributed by atoms with Gasteiger partial charge < -0.3 is 10.4 Å². The van der Waals surface area contributed by atoms with Gasteiger partial charge in [-0.25, -0.2) is 4.98 Å². The number of carbonyl (C=O) groups is 2. The summed E-state index contributed by atoms with van der Waals surface area (Å²) in [6.45, 7) is 1.98. The molecule has 0 radical (unpaired) electrons. The van der Waals surface area contributed by atoms with Crippen molar-refractivity contribution in [2.24, 2.45) is 0 Å². The van der Waals surface area contributed by atoms with Gasteiger partial charge in [0.25, 0.3) is 5.91 Å². The molecule has 0 aliphatic carbocycles. The van der Waals surface area contributed by atoms with Gasteiger partial charge in [-0.1, -0.05) is 42.0 Å². The number of fused-ring (bicyclic) bond motifs is 1. The van der Waals surface area contributed by atoms with E-state index in [4.69, 9.17) is 0 Å². The summed E-state index contributed by atoms with van der Waals surface area (Å²) in [4.78, 5) is 29.2. The normalized spacial score (nSPS) is 11.5. The lowest BCUT2D eigenvalue weighted by atomic mass is 10.1. The van der Waals surface area contributed by atoms with Crippen LogP contribution >= 0.6 is 23.1 Å². The van der Waals surface area contributed by atoms with Crippen molar-refractivity contribution < 1.29 is 14.7 Å². The Morgan fingerprint density at radius 1 is 1.06 bits per heavy atom. The first-order chi connectivity index (χ1) is 15.5. The van der Waals surface area contributed by atoms with Crippen LogP contribution in [0.4, 0.5) is 5.69 Å². The molecule has 0 aliphatic heterocycles. The first kappa shape index (κ1) is 21.8. The topological polar surface area (TPSA) is 79.3 Å². The molecule has 0 spiro atoms. The summed E-state index contributed by atoms with van der Waals surface area (Å²) < 4.78 is 1.04. The third-order valence-corrected chi connectivity index (χ3v) is 6.82. The SMILES string of the molecule is Cc1ccc(C(=O)Nc2cccc(/C=C(\SCC(=O)O)c3nc4ccccc4s3)c2)cc1. The molecule has 1 aromatic heterocycles. The van der Waals surface area contributed by atoms with Gasteiger partial charge >= 0.3 is 5.97 Å². The zero-order chi connectivity index (χ0) is 22.5. The average Bonchev–Trinajstić information content (AvgIpc) is 3.21. The number of aromatic nitrogens is 1. The summed E-state index contributed by atoms with van der Waals surface area (Å²) in [6.07, 6.45) is 1.91. The van der Waals surface area contributed by atoms with Crippen molar-refractivity contribution in [3.8, 4) is 0 Å². The molecule has 7 heteroatoms. The number of carboxylic acids is 1. The minimum absolute atomic E-state index is 0.0639. The molecule has 1 heterocycles. The van der Waals surface area contributed by atoms with E-state index in [1.165, 1.54) is 23.1 Å². The molecule has 0 unspecified atom stereocenters. The number of rotatable bonds is 7. The largest absolute Gasteiger partial charge is 0.481 e. The summed E-state index contributed by atoms with van der Waals surface area (Å²) in [6, 6.07) is 22.7. The van der Waals surface area contributed by atoms with Crippen molar-refractivity contribution in [3.63, 3.8) is 0 Å². The highest BCUT2D eigenvalue weighted by Crippen LogP contribution is 2.35. The minimum Gasteiger partial charge on any atom is -0.481 e. The summed E-state index contributed by atoms with van der Waals surface area (Å²) in [5, 5.41) is 12.9. The number of thioether (sulfide) groups is 1. The molecular weight excluding hydrogens is 440 g/mol. The van der Waals surface area contributed by atoms with E-state index in [2.05, 4.69) is 10.3 Å². The van der Waals surface area contributed by atoms with E-state index in [9.17, 15) is 14.7 Å². The number of aryl methyl sites for hydroxylation is 1. The number of aliphatic carboxylic acids is 1. The van der Waals surface area contributed by atoms with Gasteiger partial charge in [-0.3, -0.25) is 9.59 Å². The van der Waals surface area contributed by atoms with Gasteiger partial charge in [0.2, 0.25) is 0 Å². The predicted octanol–water partition coefficient (Wildman–Crippen LogP) is 6.17. The number of para-hydroxylation sites is 1. The smallest absolute Gasteiger partial charge is 0.313 e. The molecule has 0 saturated heterocycles. The first-order valence-electron chi connectivity index (χ1n) is 9.88. The Morgan fingerprint density at radius 2 is 1.84 bits per heavy atom. The second-order valence-electron chi connectivity index (χ2n) is 7.12. The third-order valence-electron chi connectivity index (χ3n) is 4.61. The Bertz CT molecular complexity index is 1280. The molecule has 0 aliphatic rings. The van der Waals surface area contributed by atoms with Gasteiger partial charge in [-0.15, -0.1) is 23.1 Å². The summed E-state index contributed by atoms with van der Waals surface area (Å²) >= 11 is 2.76. The van der Waals surface area contributed by atoms with E-state index in [1.54, 1.807) is 12.1 Å². The van der Waals surface area contributed by atoms with Crippen LogP contribution in [0.5, 0.6) is 0 Å². The Labute approximate surface area is 193 Å². The van der Waals surface area contributed by atoms with Crippen LogP contribution in [0.1, 0.15) is 26.5 Å². The maximum absolute atomic E-state index is 12.6. The molecule has 0 fully saturated rings. The molecule has 0 bridgehead atoms. The number of anilines is 1. The molecule has 1 amide bonds. The van der Waals surface area contributed by atoms with Gasteiger partial charge in [0, 0.05) is 16.2 Å². The van der Waals surface area contributed by atoms with E-state index in [0.717, 1.165) is 31.3 Å². The number of carbonyl (C=O) groups excluding carboxylic acids is 1. The van der Waals surface area contributed by atoms with E-state index in [1.807, 2.05) is 73.7 Å². The maximum Gasteiger partial charge on any atom is 0.313 e. The molecule has 0 atom stereocenters. The van der Waals surface area contributed by atoms with Gasteiger partial charge in [0.15, 0.2) is 0 Å². The van der Waals surface area contributed by atoms with Crippen LogP contribution in [0, 0.1) is 6.92 Å². The fourth-order valence-electron chi connectivity index (χ4n) is 3.05. The molecule has 5 nitrogen and oxygen atoms in total. The Morgan fingerprint density at radius 3 is 2.59 bits per heavy atom. The minimum atomic E-state index is -0.888. The highest BCUT2D eigenvalue weighted by molar-refractivity contribution is 8.09. The summed E-state index contributed by atoms with van der Waals surface area (Å²) in [5.74, 6) is -1.13. The third kappa shape index (κ3) is 5.43. The van der Waals surface area contributed by atoms with Gasteiger partial charge in [0.1, 0.15) is 5.01 Å². The van der Waals surface area contributed by atoms with Crippen LogP contribution in [0.3, 0.4) is 0 Å². The second-order valence-corrected chi connectivity index (χ2v) is 9.17. The van der Waals surface area contributed by atoms with Crippen LogP contribution in [-0.4, -0.2) is 27.7 Å². The number of benzene rings is 3. The lowest BCUT2D eigenvalue weighted by Crippen LogP contribution is -2.11. The van der Waals surface area contributed by atoms with E-state index < -0.39 is 5.97 Å². The van der Waals surface area contributed by atoms with Crippen molar-refractivity contribution in [1.82, 2.24) is 4.98 Å². The number of hydrogen-bond donors (Lipinski definition) is 2. The molecule has 2 N–H and O–H groups in total. The zero-order valence-corrected chi connectivity index (χ0v) is 18.9. The molecule has 160 valence electrons. The van der Waals surface area contributed by atoms with Crippen molar-refractivity contribution in [3.05, 3.63) is 94.5 Å². The summed E-state index contributed by atoms with van der Waals surface area (Å²) in [5.41, 5.74) is 4.07. The Kier molecular flexibility index (Phi) is 6.68.